The molecule has 0 saturated carbocycles. The van der Waals surface area contributed by atoms with Crippen LogP contribution in [-0.4, -0.2) is 58.2 Å². The summed E-state index contributed by atoms with van der Waals surface area (Å²) >= 11 is 0. The van der Waals surface area contributed by atoms with Crippen molar-refractivity contribution in [1.29, 1.82) is 0 Å². The van der Waals surface area contributed by atoms with Crippen molar-refractivity contribution < 1.29 is 28.2 Å². The number of nitrogens with one attached hydrogen (secondary N) is 1. The van der Waals surface area contributed by atoms with Gasteiger partial charge >= 0.3 is 5.97 Å². The first-order valence-electron chi connectivity index (χ1n) is 5.25. The lowest BCUT2D eigenvalue weighted by molar-refractivity contribution is -0.122. The molecule has 106 valence electrons. The Morgan fingerprint density at radius 3 is 2.84 bits per heavy atom. The van der Waals surface area contributed by atoms with Crippen LogP contribution in [0.3, 0.4) is 0 Å². The Labute approximate surface area is 106 Å². The second-order valence-corrected chi connectivity index (χ2v) is 3.42. The number of rotatable bonds is 8. The van der Waals surface area contributed by atoms with Crippen LogP contribution >= 0.6 is 0 Å². The lowest BCUT2D eigenvalue weighted by Gasteiger charge is -2.05. The van der Waals surface area contributed by atoms with Gasteiger partial charge in [-0.3, -0.25) is 4.79 Å². The molecule has 1 aromatic heterocycles. The normalized spacial score (nSPS) is 10.7. The Kier molecular flexibility index (Phi) is 5.79. The van der Waals surface area contributed by atoms with Gasteiger partial charge in [0.2, 0.25) is 5.91 Å². The van der Waals surface area contributed by atoms with E-state index >= 15 is 0 Å². The number of halogens is 2. The molecular weight excluding hydrogens is 266 g/mol. The van der Waals surface area contributed by atoms with Crippen molar-refractivity contribution in [2.45, 2.75) is 13.0 Å². The van der Waals surface area contributed by atoms with Gasteiger partial charge in [-0.1, -0.05) is 5.21 Å². The second kappa shape index (κ2) is 7.36. The van der Waals surface area contributed by atoms with Gasteiger partial charge in [0.15, 0.2) is 5.69 Å². The minimum atomic E-state index is -2.54. The van der Waals surface area contributed by atoms with Gasteiger partial charge in [-0.15, -0.1) is 5.10 Å². The molecule has 0 radical (unpaired) electrons. The summed E-state index contributed by atoms with van der Waals surface area (Å²) in [6, 6.07) is 0. The number of amides is 1. The van der Waals surface area contributed by atoms with E-state index in [1.165, 1.54) is 0 Å². The third-order valence-corrected chi connectivity index (χ3v) is 1.88. The molecule has 8 nitrogen and oxygen atoms in total. The van der Waals surface area contributed by atoms with Crippen molar-refractivity contribution in [1.82, 2.24) is 20.3 Å². The van der Waals surface area contributed by atoms with E-state index in [0.29, 0.717) is 0 Å². The van der Waals surface area contributed by atoms with Crippen LogP contribution in [0.25, 0.3) is 0 Å². The van der Waals surface area contributed by atoms with Crippen molar-refractivity contribution in [2.75, 3.05) is 19.8 Å². The van der Waals surface area contributed by atoms with Gasteiger partial charge in [-0.2, -0.15) is 0 Å². The maximum Gasteiger partial charge on any atom is 0.358 e. The number of carboxylic acids is 1. The fourth-order valence-electron chi connectivity index (χ4n) is 1.11. The molecule has 1 rings (SSSR count). The second-order valence-electron chi connectivity index (χ2n) is 3.42. The highest BCUT2D eigenvalue weighted by Gasteiger charge is 2.10. The number of carbonyl (C=O) groups is 2. The molecule has 0 bridgehead atoms. The molecule has 1 heterocycles. The SMILES string of the molecule is O=C(Cn1cc(C(=O)O)nn1)NCCOCC(F)F. The summed E-state index contributed by atoms with van der Waals surface area (Å²) in [5.41, 5.74) is -0.270. The van der Waals surface area contributed by atoms with Gasteiger partial charge in [-0.05, 0) is 0 Å². The molecular formula is C9H12F2N4O4. The number of carboxylic acid groups (broad SMARTS) is 1. The maximum absolute atomic E-state index is 11.7. The average Bonchev–Trinajstić information content (AvgIpc) is 2.76. The smallest absolute Gasteiger partial charge is 0.358 e. The molecule has 1 amide bonds. The van der Waals surface area contributed by atoms with Crippen LogP contribution in [0.5, 0.6) is 0 Å². The van der Waals surface area contributed by atoms with Crippen LogP contribution in [0, 0.1) is 0 Å². The van der Waals surface area contributed by atoms with E-state index in [0.717, 1.165) is 10.9 Å². The first kappa shape index (κ1) is 15.0. The van der Waals surface area contributed by atoms with Crippen LogP contribution in [0.1, 0.15) is 10.5 Å². The van der Waals surface area contributed by atoms with Gasteiger partial charge in [-0.25, -0.2) is 18.3 Å². The Hall–Kier alpha value is -2.10. The third kappa shape index (κ3) is 5.86. The monoisotopic (exact) mass is 278 g/mol. The van der Waals surface area contributed by atoms with Crippen molar-refractivity contribution in [3.8, 4) is 0 Å². The molecule has 0 aliphatic rings. The van der Waals surface area contributed by atoms with Crippen LogP contribution in [0.2, 0.25) is 0 Å². The Morgan fingerprint density at radius 1 is 1.53 bits per heavy atom. The molecule has 0 aliphatic carbocycles. The summed E-state index contributed by atoms with van der Waals surface area (Å²) in [6.45, 7) is -0.851. The predicted molar refractivity (Wildman–Crippen MR) is 56.8 cm³/mol. The molecule has 1 aromatic rings. The van der Waals surface area contributed by atoms with Crippen molar-refractivity contribution in [3.63, 3.8) is 0 Å². The standard InChI is InChI=1S/C9H12F2N4O4/c10-7(11)5-19-2-1-12-8(16)4-15-3-6(9(17)18)13-14-15/h3,7H,1-2,4-5H2,(H,12,16)(H,17,18). The lowest BCUT2D eigenvalue weighted by Crippen LogP contribution is -2.31. The Morgan fingerprint density at radius 2 is 2.26 bits per heavy atom. The molecule has 10 heteroatoms. The fraction of sp³-hybridized carbons (Fsp3) is 0.556. The summed E-state index contributed by atoms with van der Waals surface area (Å²) < 4.78 is 29.0. The number of alkyl halides is 2. The van der Waals surface area contributed by atoms with E-state index in [4.69, 9.17) is 5.11 Å². The fourth-order valence-corrected chi connectivity index (χ4v) is 1.11. The summed E-state index contributed by atoms with van der Waals surface area (Å²) in [7, 11) is 0. The molecule has 2 N–H and O–H groups in total. The zero-order valence-corrected chi connectivity index (χ0v) is 9.75. The average molecular weight is 278 g/mol. The summed E-state index contributed by atoms with van der Waals surface area (Å²) in [5, 5.41) is 17.7. The minimum absolute atomic E-state index is 0.0339. The number of ether oxygens (including phenoxy) is 1. The molecule has 0 aliphatic heterocycles. The summed E-state index contributed by atoms with van der Waals surface area (Å²) in [5.74, 6) is -1.70. The van der Waals surface area contributed by atoms with E-state index in [1.54, 1.807) is 0 Å². The van der Waals surface area contributed by atoms with E-state index < -0.39 is 24.9 Å². The highest BCUT2D eigenvalue weighted by Crippen LogP contribution is 1.93. The number of aromatic nitrogens is 3. The van der Waals surface area contributed by atoms with Gasteiger partial charge < -0.3 is 15.2 Å². The lowest BCUT2D eigenvalue weighted by atomic mass is 10.5. The first-order valence-corrected chi connectivity index (χ1v) is 5.25. The summed E-state index contributed by atoms with van der Waals surface area (Å²) in [4.78, 5) is 21.8. The Balaban J connectivity index is 2.21. The Bertz CT molecular complexity index is 438. The molecule has 0 saturated heterocycles. The molecule has 0 fully saturated rings. The topological polar surface area (TPSA) is 106 Å². The number of hydrogen-bond donors (Lipinski definition) is 2. The number of hydrogen-bond acceptors (Lipinski definition) is 5. The highest BCUT2D eigenvalue weighted by atomic mass is 19.3. The van der Waals surface area contributed by atoms with E-state index in [-0.39, 0.29) is 25.4 Å². The maximum atomic E-state index is 11.7. The number of aromatic carboxylic acids is 1. The third-order valence-electron chi connectivity index (χ3n) is 1.88. The van der Waals surface area contributed by atoms with Crippen LogP contribution in [0.4, 0.5) is 8.78 Å². The van der Waals surface area contributed by atoms with Crippen molar-refractivity contribution in [2.24, 2.45) is 0 Å². The quantitative estimate of drug-likeness (QED) is 0.613. The highest BCUT2D eigenvalue weighted by molar-refractivity contribution is 5.84. The van der Waals surface area contributed by atoms with Crippen LogP contribution in [0.15, 0.2) is 6.20 Å². The molecule has 0 unspecified atom stereocenters. The first-order chi connectivity index (χ1) is 8.99. The van der Waals surface area contributed by atoms with Gasteiger partial charge in [0, 0.05) is 6.54 Å². The van der Waals surface area contributed by atoms with Crippen molar-refractivity contribution >= 4 is 11.9 Å². The summed E-state index contributed by atoms with van der Waals surface area (Å²) in [6.07, 6.45) is -1.44. The molecule has 0 aromatic carbocycles. The van der Waals surface area contributed by atoms with E-state index in [9.17, 15) is 18.4 Å². The van der Waals surface area contributed by atoms with Crippen LogP contribution < -0.4 is 5.32 Å². The van der Waals surface area contributed by atoms with Gasteiger partial charge in [0.25, 0.3) is 6.43 Å². The van der Waals surface area contributed by atoms with Crippen molar-refractivity contribution in [3.05, 3.63) is 11.9 Å². The zero-order valence-electron chi connectivity index (χ0n) is 9.75. The van der Waals surface area contributed by atoms with Crippen LogP contribution in [-0.2, 0) is 16.1 Å². The van der Waals surface area contributed by atoms with E-state index in [1.807, 2.05) is 0 Å². The van der Waals surface area contributed by atoms with E-state index in [2.05, 4.69) is 20.4 Å². The van der Waals surface area contributed by atoms with Gasteiger partial charge in [0.05, 0.1) is 12.8 Å². The molecule has 0 spiro atoms. The molecule has 19 heavy (non-hydrogen) atoms. The number of carbonyl (C=O) groups excluding carboxylic acids is 1. The molecule has 0 atom stereocenters. The predicted octanol–water partition coefficient (Wildman–Crippen LogP) is -0.626. The largest absolute Gasteiger partial charge is 0.476 e. The zero-order chi connectivity index (χ0) is 14.3. The van der Waals surface area contributed by atoms with Gasteiger partial charge in [0.1, 0.15) is 13.2 Å². The number of nitrogens with zero attached hydrogens (tertiary/aromatic N) is 3. The minimum Gasteiger partial charge on any atom is -0.476 e.